The quantitative estimate of drug-likeness (QED) is 0.830. The third-order valence-corrected chi connectivity index (χ3v) is 6.80. The first-order valence-corrected chi connectivity index (χ1v) is 10.1. The average molecular weight is 304 g/mol. The van der Waals surface area contributed by atoms with Gasteiger partial charge in [0.15, 0.2) is 0 Å². The standard InChI is InChI=1S/C12H22BrNOSi/c1-8-11(12(13)9(2)14-8)7-15-10(3)16(4,5)6/h10,14H,7H2,1-6H3. The summed E-state index contributed by atoms with van der Waals surface area (Å²) in [6.45, 7) is 14.1. The summed E-state index contributed by atoms with van der Waals surface area (Å²) in [6, 6.07) is 0. The van der Waals surface area contributed by atoms with Gasteiger partial charge in [0, 0.05) is 27.2 Å². The molecule has 0 aliphatic heterocycles. The largest absolute Gasteiger partial charge is 0.377 e. The second-order valence-corrected chi connectivity index (χ2v) is 11.8. The Morgan fingerprint density at radius 3 is 2.19 bits per heavy atom. The van der Waals surface area contributed by atoms with E-state index in [1.807, 2.05) is 0 Å². The maximum absolute atomic E-state index is 5.98. The van der Waals surface area contributed by atoms with Gasteiger partial charge in [0.1, 0.15) is 0 Å². The Kier molecular flexibility index (Phi) is 4.43. The molecule has 0 aliphatic rings. The van der Waals surface area contributed by atoms with E-state index in [1.54, 1.807) is 0 Å². The number of hydrogen-bond acceptors (Lipinski definition) is 1. The predicted molar refractivity (Wildman–Crippen MR) is 75.6 cm³/mol. The lowest BCUT2D eigenvalue weighted by atomic mass is 10.2. The molecule has 1 unspecified atom stereocenters. The van der Waals surface area contributed by atoms with Crippen LogP contribution in [0.4, 0.5) is 0 Å². The molecule has 1 N–H and O–H groups in total. The molecule has 0 bridgehead atoms. The van der Waals surface area contributed by atoms with Gasteiger partial charge in [-0.15, -0.1) is 0 Å². The van der Waals surface area contributed by atoms with E-state index in [-0.39, 0.29) is 0 Å². The highest BCUT2D eigenvalue weighted by Crippen LogP contribution is 2.26. The van der Waals surface area contributed by atoms with Crippen molar-refractivity contribution in [2.75, 3.05) is 0 Å². The van der Waals surface area contributed by atoms with E-state index in [1.165, 1.54) is 17.0 Å². The van der Waals surface area contributed by atoms with Crippen molar-refractivity contribution in [1.82, 2.24) is 4.98 Å². The van der Waals surface area contributed by atoms with Crippen LogP contribution in [0.25, 0.3) is 0 Å². The fraction of sp³-hybridized carbons (Fsp3) is 0.667. The minimum atomic E-state index is -1.19. The van der Waals surface area contributed by atoms with Crippen molar-refractivity contribution >= 4 is 24.0 Å². The summed E-state index contributed by atoms with van der Waals surface area (Å²) in [5.41, 5.74) is 4.01. The molecule has 0 saturated heterocycles. The molecule has 0 saturated carbocycles. The number of halogens is 1. The average Bonchev–Trinajstić information content (AvgIpc) is 2.37. The smallest absolute Gasteiger partial charge is 0.0781 e. The monoisotopic (exact) mass is 303 g/mol. The van der Waals surface area contributed by atoms with Crippen LogP contribution in [0.15, 0.2) is 4.47 Å². The molecule has 1 aromatic rings. The van der Waals surface area contributed by atoms with Gasteiger partial charge in [0.25, 0.3) is 0 Å². The molecular formula is C12H22BrNOSi. The van der Waals surface area contributed by atoms with Crippen LogP contribution >= 0.6 is 15.9 Å². The summed E-state index contributed by atoms with van der Waals surface area (Å²) in [5.74, 6) is 0. The van der Waals surface area contributed by atoms with Gasteiger partial charge in [-0.05, 0) is 36.7 Å². The normalized spacial score (nSPS) is 14.2. The summed E-state index contributed by atoms with van der Waals surface area (Å²) >= 11 is 3.60. The van der Waals surface area contributed by atoms with E-state index in [0.29, 0.717) is 12.3 Å². The minimum absolute atomic E-state index is 0.383. The van der Waals surface area contributed by atoms with Gasteiger partial charge in [-0.3, -0.25) is 0 Å². The van der Waals surface area contributed by atoms with Crippen molar-refractivity contribution in [1.29, 1.82) is 0 Å². The number of H-pyrrole nitrogens is 1. The molecule has 0 aromatic carbocycles. The summed E-state index contributed by atoms with van der Waals surface area (Å²) < 4.78 is 7.14. The summed E-state index contributed by atoms with van der Waals surface area (Å²) in [6.07, 6.45) is 0. The fourth-order valence-corrected chi connectivity index (χ4v) is 2.53. The number of aromatic amines is 1. The zero-order valence-corrected chi connectivity index (χ0v) is 13.7. The molecule has 92 valence electrons. The van der Waals surface area contributed by atoms with E-state index >= 15 is 0 Å². The lowest BCUT2D eigenvalue weighted by molar-refractivity contribution is 0.0972. The Hall–Kier alpha value is -0.0631. The van der Waals surface area contributed by atoms with Gasteiger partial charge in [-0.1, -0.05) is 19.6 Å². The fourth-order valence-electron chi connectivity index (χ4n) is 1.43. The molecule has 0 aliphatic carbocycles. The number of hydrogen-bond donors (Lipinski definition) is 1. The zero-order valence-electron chi connectivity index (χ0n) is 11.1. The lowest BCUT2D eigenvalue weighted by Gasteiger charge is -2.25. The van der Waals surface area contributed by atoms with Gasteiger partial charge in [-0.25, -0.2) is 0 Å². The Bertz CT molecular complexity index is 368. The second-order valence-electron chi connectivity index (χ2n) is 5.49. The van der Waals surface area contributed by atoms with Crippen LogP contribution in [-0.2, 0) is 11.3 Å². The van der Waals surface area contributed by atoms with Crippen LogP contribution in [0.2, 0.25) is 19.6 Å². The Morgan fingerprint density at radius 1 is 1.25 bits per heavy atom. The molecule has 0 amide bonds. The summed E-state index contributed by atoms with van der Waals surface area (Å²) in [7, 11) is -1.19. The third kappa shape index (κ3) is 3.21. The van der Waals surface area contributed by atoms with E-state index in [2.05, 4.69) is 61.3 Å². The van der Waals surface area contributed by atoms with Crippen molar-refractivity contribution in [3.63, 3.8) is 0 Å². The topological polar surface area (TPSA) is 25.0 Å². The van der Waals surface area contributed by atoms with Gasteiger partial charge < -0.3 is 9.72 Å². The highest BCUT2D eigenvalue weighted by molar-refractivity contribution is 9.10. The third-order valence-electron chi connectivity index (χ3n) is 3.12. The van der Waals surface area contributed by atoms with Gasteiger partial charge >= 0.3 is 0 Å². The number of nitrogens with one attached hydrogen (secondary N) is 1. The Morgan fingerprint density at radius 2 is 1.81 bits per heavy atom. The van der Waals surface area contributed by atoms with Crippen LogP contribution in [-0.4, -0.2) is 18.8 Å². The second kappa shape index (κ2) is 5.06. The van der Waals surface area contributed by atoms with Crippen LogP contribution < -0.4 is 0 Å². The molecule has 0 radical (unpaired) electrons. The first kappa shape index (κ1) is 14.0. The van der Waals surface area contributed by atoms with Gasteiger partial charge in [-0.2, -0.15) is 0 Å². The van der Waals surface area contributed by atoms with Crippen molar-refractivity contribution in [2.24, 2.45) is 0 Å². The minimum Gasteiger partial charge on any atom is -0.377 e. The molecule has 1 aromatic heterocycles. The first-order valence-electron chi connectivity index (χ1n) is 5.68. The summed E-state index contributed by atoms with van der Waals surface area (Å²) in [5, 5.41) is 0. The SMILES string of the molecule is Cc1[nH]c(C)c(COC(C)[Si](C)(C)C)c1Br. The molecule has 2 nitrogen and oxygen atoms in total. The number of rotatable bonds is 4. The number of ether oxygens (including phenoxy) is 1. The molecule has 1 atom stereocenters. The molecular weight excluding hydrogens is 282 g/mol. The van der Waals surface area contributed by atoms with Crippen molar-refractivity contribution in [3.05, 3.63) is 21.4 Å². The van der Waals surface area contributed by atoms with Crippen LogP contribution in [0, 0.1) is 13.8 Å². The van der Waals surface area contributed by atoms with Crippen LogP contribution in [0.3, 0.4) is 0 Å². The van der Waals surface area contributed by atoms with E-state index in [9.17, 15) is 0 Å². The molecule has 0 fully saturated rings. The molecule has 4 heteroatoms. The van der Waals surface area contributed by atoms with E-state index in [4.69, 9.17) is 4.74 Å². The summed E-state index contributed by atoms with van der Waals surface area (Å²) in [4.78, 5) is 3.32. The maximum Gasteiger partial charge on any atom is 0.0781 e. The highest BCUT2D eigenvalue weighted by Gasteiger charge is 2.23. The van der Waals surface area contributed by atoms with Crippen molar-refractivity contribution in [2.45, 2.75) is 52.7 Å². The molecule has 0 spiro atoms. The lowest BCUT2D eigenvalue weighted by Crippen LogP contribution is -2.37. The number of aromatic nitrogens is 1. The van der Waals surface area contributed by atoms with Crippen LogP contribution in [0.5, 0.6) is 0 Å². The van der Waals surface area contributed by atoms with E-state index < -0.39 is 8.07 Å². The molecule has 1 heterocycles. The molecule has 16 heavy (non-hydrogen) atoms. The van der Waals surface area contributed by atoms with E-state index in [0.717, 1.165) is 4.47 Å². The Labute approximate surface area is 108 Å². The zero-order chi connectivity index (χ0) is 12.5. The van der Waals surface area contributed by atoms with Gasteiger partial charge in [0.05, 0.1) is 14.7 Å². The number of aryl methyl sites for hydroxylation is 2. The van der Waals surface area contributed by atoms with Crippen molar-refractivity contribution < 1.29 is 4.74 Å². The Balaban J connectivity index is 2.68. The maximum atomic E-state index is 5.98. The highest BCUT2D eigenvalue weighted by atomic mass is 79.9. The first-order chi connectivity index (χ1) is 7.23. The predicted octanol–water partition coefficient (Wildman–Crippen LogP) is 4.18. The molecule has 1 rings (SSSR count). The van der Waals surface area contributed by atoms with Gasteiger partial charge in [0.2, 0.25) is 0 Å². The van der Waals surface area contributed by atoms with Crippen LogP contribution in [0.1, 0.15) is 23.9 Å². The van der Waals surface area contributed by atoms with Crippen molar-refractivity contribution in [3.8, 4) is 0 Å².